The zero-order valence-corrected chi connectivity index (χ0v) is 17.8. The lowest BCUT2D eigenvalue weighted by Crippen LogP contribution is -2.24. The number of hydrogen-bond acceptors (Lipinski definition) is 4. The third kappa shape index (κ3) is 4.45. The van der Waals surface area contributed by atoms with Gasteiger partial charge in [0.25, 0.3) is 0 Å². The van der Waals surface area contributed by atoms with Crippen molar-refractivity contribution in [3.05, 3.63) is 72.9 Å². The first kappa shape index (κ1) is 20.5. The third-order valence-electron chi connectivity index (χ3n) is 4.96. The molecule has 0 N–H and O–H groups in total. The van der Waals surface area contributed by atoms with Gasteiger partial charge in [-0.15, -0.1) is 0 Å². The molecule has 0 bridgehead atoms. The number of anilines is 2. The molecule has 29 heavy (non-hydrogen) atoms. The first-order chi connectivity index (χ1) is 14.1. The summed E-state index contributed by atoms with van der Waals surface area (Å²) >= 11 is 0. The number of aromatic nitrogens is 2. The maximum absolute atomic E-state index is 5.45. The zero-order valence-electron chi connectivity index (χ0n) is 17.8. The van der Waals surface area contributed by atoms with E-state index in [2.05, 4.69) is 60.3 Å². The Morgan fingerprint density at radius 2 is 1.86 bits per heavy atom. The molecule has 3 aromatic rings. The Morgan fingerprint density at radius 1 is 1.10 bits per heavy atom. The van der Waals surface area contributed by atoms with Crippen LogP contribution in [0.2, 0.25) is 0 Å². The van der Waals surface area contributed by atoms with Crippen LogP contribution >= 0.6 is 0 Å². The van der Waals surface area contributed by atoms with Crippen molar-refractivity contribution in [1.82, 2.24) is 9.55 Å². The van der Waals surface area contributed by atoms with Gasteiger partial charge in [0.2, 0.25) is 0 Å². The molecule has 0 aliphatic carbocycles. The highest BCUT2D eigenvalue weighted by molar-refractivity contribution is 5.73. The largest absolute Gasteiger partial charge is 0.497 e. The third-order valence-corrected chi connectivity index (χ3v) is 4.96. The summed E-state index contributed by atoms with van der Waals surface area (Å²) < 4.78 is 7.74. The van der Waals surface area contributed by atoms with E-state index in [-0.39, 0.29) is 0 Å². The van der Waals surface area contributed by atoms with Gasteiger partial charge in [-0.3, -0.25) is 0 Å². The molecule has 0 aliphatic rings. The van der Waals surface area contributed by atoms with Crippen LogP contribution in [0.4, 0.5) is 11.6 Å². The standard InChI is InChI=1S/C24H30N4O/c1-6-16-27(4)24-23(26(3)7-2)25-22(20-14-11-15-21(17-20)29-5)28(24)18-19-12-9-8-10-13-19/h7-15,17H,2,6,16,18H2,1,3-5H3. The van der Waals surface area contributed by atoms with E-state index in [1.807, 2.05) is 36.2 Å². The Labute approximate surface area is 173 Å². The highest BCUT2D eigenvalue weighted by Gasteiger charge is 2.23. The van der Waals surface area contributed by atoms with Crippen LogP contribution < -0.4 is 14.5 Å². The minimum atomic E-state index is 0.731. The van der Waals surface area contributed by atoms with Crippen LogP contribution in [0.5, 0.6) is 5.75 Å². The van der Waals surface area contributed by atoms with Crippen molar-refractivity contribution in [3.63, 3.8) is 0 Å². The molecule has 0 fully saturated rings. The van der Waals surface area contributed by atoms with Gasteiger partial charge < -0.3 is 19.1 Å². The van der Waals surface area contributed by atoms with Crippen LogP contribution in [0.15, 0.2) is 67.4 Å². The number of rotatable bonds is 9. The fourth-order valence-corrected chi connectivity index (χ4v) is 3.47. The van der Waals surface area contributed by atoms with Gasteiger partial charge in [-0.05, 0) is 30.3 Å². The van der Waals surface area contributed by atoms with E-state index < -0.39 is 0 Å². The molecule has 152 valence electrons. The molecule has 3 rings (SSSR count). The predicted octanol–water partition coefficient (Wildman–Crippen LogP) is 5.03. The number of hydrogen-bond donors (Lipinski definition) is 0. The van der Waals surface area contributed by atoms with Gasteiger partial charge >= 0.3 is 0 Å². The fraction of sp³-hybridized carbons (Fsp3) is 0.292. The number of methoxy groups -OCH3 is 1. The Morgan fingerprint density at radius 3 is 2.52 bits per heavy atom. The van der Waals surface area contributed by atoms with E-state index in [1.165, 1.54) is 5.56 Å². The number of nitrogens with zero attached hydrogens (tertiary/aromatic N) is 4. The molecule has 0 saturated carbocycles. The van der Waals surface area contributed by atoms with Gasteiger partial charge in [-0.2, -0.15) is 0 Å². The van der Waals surface area contributed by atoms with Gasteiger partial charge in [-0.25, -0.2) is 4.98 Å². The maximum atomic E-state index is 5.45. The van der Waals surface area contributed by atoms with Crippen molar-refractivity contribution >= 4 is 11.6 Å². The molecule has 5 heteroatoms. The molecular formula is C24H30N4O. The Bertz CT molecular complexity index is 949. The van der Waals surface area contributed by atoms with E-state index in [4.69, 9.17) is 9.72 Å². The molecule has 1 heterocycles. The zero-order chi connectivity index (χ0) is 20.8. The second-order valence-corrected chi connectivity index (χ2v) is 7.10. The van der Waals surface area contributed by atoms with Crippen molar-refractivity contribution in [2.75, 3.05) is 37.5 Å². The van der Waals surface area contributed by atoms with Crippen LogP contribution in [0, 0.1) is 0 Å². The van der Waals surface area contributed by atoms with Gasteiger partial charge in [-0.1, -0.05) is 56.0 Å². The van der Waals surface area contributed by atoms with Crippen LogP contribution in [-0.4, -0.2) is 37.3 Å². The Kier molecular flexibility index (Phi) is 6.60. The predicted molar refractivity (Wildman–Crippen MR) is 122 cm³/mol. The van der Waals surface area contributed by atoms with Crippen LogP contribution in [0.3, 0.4) is 0 Å². The van der Waals surface area contributed by atoms with Crippen LogP contribution in [0.25, 0.3) is 11.4 Å². The van der Waals surface area contributed by atoms with Crippen molar-refractivity contribution in [2.24, 2.45) is 0 Å². The molecule has 0 radical (unpaired) electrons. The number of benzene rings is 2. The van der Waals surface area contributed by atoms with Crippen molar-refractivity contribution in [3.8, 4) is 17.1 Å². The Balaban J connectivity index is 2.23. The molecule has 2 aromatic carbocycles. The summed E-state index contributed by atoms with van der Waals surface area (Å²) in [6.07, 6.45) is 2.85. The second-order valence-electron chi connectivity index (χ2n) is 7.10. The van der Waals surface area contributed by atoms with E-state index in [0.29, 0.717) is 0 Å². The smallest absolute Gasteiger partial charge is 0.176 e. The summed E-state index contributed by atoms with van der Waals surface area (Å²) in [4.78, 5) is 9.30. The summed E-state index contributed by atoms with van der Waals surface area (Å²) in [7, 11) is 5.80. The fourth-order valence-electron chi connectivity index (χ4n) is 3.47. The normalized spacial score (nSPS) is 10.6. The molecule has 0 unspecified atom stereocenters. The molecule has 0 aliphatic heterocycles. The molecule has 5 nitrogen and oxygen atoms in total. The van der Waals surface area contributed by atoms with Gasteiger partial charge in [0.1, 0.15) is 11.6 Å². The minimum absolute atomic E-state index is 0.731. The molecule has 1 aromatic heterocycles. The number of ether oxygens (including phenoxy) is 1. The van der Waals surface area contributed by atoms with Crippen LogP contribution in [-0.2, 0) is 6.54 Å². The van der Waals surface area contributed by atoms with Crippen LogP contribution in [0.1, 0.15) is 18.9 Å². The van der Waals surface area contributed by atoms with E-state index in [1.54, 1.807) is 13.3 Å². The summed E-state index contributed by atoms with van der Waals surface area (Å²) in [5.74, 6) is 3.70. The van der Waals surface area contributed by atoms with Gasteiger partial charge in [0.15, 0.2) is 11.6 Å². The van der Waals surface area contributed by atoms with Crippen molar-refractivity contribution in [2.45, 2.75) is 19.9 Å². The summed E-state index contributed by atoms with van der Waals surface area (Å²) in [6, 6.07) is 18.6. The average Bonchev–Trinajstić information content (AvgIpc) is 3.13. The SMILES string of the molecule is C=CN(C)c1nc(-c2cccc(OC)c2)n(Cc2ccccc2)c1N(C)CCC. The molecule has 0 spiro atoms. The first-order valence-electron chi connectivity index (χ1n) is 9.94. The summed E-state index contributed by atoms with van der Waals surface area (Å²) in [5, 5.41) is 0. The van der Waals surface area contributed by atoms with E-state index in [0.717, 1.165) is 48.3 Å². The lowest BCUT2D eigenvalue weighted by molar-refractivity contribution is 0.415. The highest BCUT2D eigenvalue weighted by atomic mass is 16.5. The lowest BCUT2D eigenvalue weighted by atomic mass is 10.2. The molecule has 0 atom stereocenters. The first-order valence-corrected chi connectivity index (χ1v) is 9.94. The van der Waals surface area contributed by atoms with Crippen molar-refractivity contribution < 1.29 is 4.74 Å². The highest BCUT2D eigenvalue weighted by Crippen LogP contribution is 2.36. The number of imidazole rings is 1. The average molecular weight is 391 g/mol. The molecule has 0 saturated heterocycles. The topological polar surface area (TPSA) is 33.5 Å². The Hall–Kier alpha value is -3.21. The quantitative estimate of drug-likeness (QED) is 0.513. The van der Waals surface area contributed by atoms with E-state index in [9.17, 15) is 0 Å². The maximum Gasteiger partial charge on any atom is 0.176 e. The molecular weight excluding hydrogens is 360 g/mol. The summed E-state index contributed by atoms with van der Waals surface area (Å²) in [5.41, 5.74) is 2.25. The molecule has 0 amide bonds. The minimum Gasteiger partial charge on any atom is -0.497 e. The summed E-state index contributed by atoms with van der Waals surface area (Å²) in [6.45, 7) is 7.80. The second kappa shape index (κ2) is 9.32. The lowest BCUT2D eigenvalue weighted by Gasteiger charge is -2.24. The monoisotopic (exact) mass is 390 g/mol. The van der Waals surface area contributed by atoms with Gasteiger partial charge in [0, 0.05) is 26.2 Å². The van der Waals surface area contributed by atoms with Crippen molar-refractivity contribution in [1.29, 1.82) is 0 Å². The van der Waals surface area contributed by atoms with Gasteiger partial charge in [0.05, 0.1) is 13.7 Å². The van der Waals surface area contributed by atoms with E-state index >= 15 is 0 Å².